The molecule has 0 aromatic rings. The largest absolute Gasteiger partial charge is 0.387 e. The predicted octanol–water partition coefficient (Wildman–Crippen LogP) is 0.669. The van der Waals surface area contributed by atoms with Crippen LogP contribution in [0.5, 0.6) is 0 Å². The molecule has 7 heteroatoms. The molecule has 2 unspecified atom stereocenters. The molecule has 0 bridgehead atoms. The van der Waals surface area contributed by atoms with Crippen LogP contribution in [0.2, 0.25) is 0 Å². The first-order valence-electron chi connectivity index (χ1n) is 3.68. The van der Waals surface area contributed by atoms with Crippen molar-refractivity contribution in [3.05, 3.63) is 0 Å². The van der Waals surface area contributed by atoms with Gasteiger partial charge in [-0.25, -0.2) is 0 Å². The number of halogens is 3. The fraction of sp³-hybridized carbons (Fsp3) is 0.714. The second-order valence-corrected chi connectivity index (χ2v) is 5.06. The molecule has 0 saturated heterocycles. The SMILES string of the molecule is CNC(=O)C(C(C)=O)C(O)C(Cl)(Cl)Cl. The lowest BCUT2D eigenvalue weighted by atomic mass is 9.98. The number of carbonyl (C=O) groups is 2. The average Bonchev–Trinajstić information content (AvgIpc) is 2.01. The van der Waals surface area contributed by atoms with Crippen LogP contribution >= 0.6 is 34.8 Å². The number of ketones is 1. The molecule has 2 atom stereocenters. The van der Waals surface area contributed by atoms with Gasteiger partial charge in [0.1, 0.15) is 17.8 Å². The molecule has 0 aromatic heterocycles. The summed E-state index contributed by atoms with van der Waals surface area (Å²) in [6, 6.07) is 0. The van der Waals surface area contributed by atoms with Crippen molar-refractivity contribution >= 4 is 46.5 Å². The third-order valence-electron chi connectivity index (χ3n) is 1.62. The molecule has 14 heavy (non-hydrogen) atoms. The Kier molecular flexibility index (Phi) is 5.15. The lowest BCUT2D eigenvalue weighted by Crippen LogP contribution is -2.45. The number of hydrogen-bond donors (Lipinski definition) is 2. The summed E-state index contributed by atoms with van der Waals surface area (Å²) >= 11 is 16.1. The maximum Gasteiger partial charge on any atom is 0.233 e. The van der Waals surface area contributed by atoms with Crippen molar-refractivity contribution in [1.29, 1.82) is 0 Å². The summed E-state index contributed by atoms with van der Waals surface area (Å²) in [7, 11) is 1.32. The topological polar surface area (TPSA) is 66.4 Å². The molecule has 1 amide bonds. The van der Waals surface area contributed by atoms with E-state index in [1.54, 1.807) is 0 Å². The number of alkyl halides is 3. The third-order valence-corrected chi connectivity index (χ3v) is 2.29. The second-order valence-electron chi connectivity index (χ2n) is 2.69. The molecular weight excluding hydrogens is 252 g/mol. The summed E-state index contributed by atoms with van der Waals surface area (Å²) in [4.78, 5) is 22.2. The van der Waals surface area contributed by atoms with Gasteiger partial charge in [-0.05, 0) is 6.92 Å². The summed E-state index contributed by atoms with van der Waals surface area (Å²) in [6.07, 6.45) is -1.66. The smallest absolute Gasteiger partial charge is 0.233 e. The van der Waals surface area contributed by atoms with E-state index < -0.39 is 27.5 Å². The van der Waals surface area contributed by atoms with E-state index in [9.17, 15) is 14.7 Å². The van der Waals surface area contributed by atoms with E-state index in [0.29, 0.717) is 0 Å². The minimum atomic E-state index is -2.07. The zero-order valence-electron chi connectivity index (χ0n) is 7.55. The van der Waals surface area contributed by atoms with Gasteiger partial charge in [0.05, 0.1) is 0 Å². The summed E-state index contributed by atoms with van der Waals surface area (Å²) in [6.45, 7) is 1.14. The molecule has 4 nitrogen and oxygen atoms in total. The van der Waals surface area contributed by atoms with Crippen molar-refractivity contribution in [3.63, 3.8) is 0 Å². The van der Waals surface area contributed by atoms with Crippen molar-refractivity contribution < 1.29 is 14.7 Å². The predicted molar refractivity (Wildman–Crippen MR) is 54.5 cm³/mol. The third kappa shape index (κ3) is 3.61. The fourth-order valence-electron chi connectivity index (χ4n) is 0.895. The molecule has 0 fully saturated rings. The Hall–Kier alpha value is -0.0300. The van der Waals surface area contributed by atoms with Crippen molar-refractivity contribution in [3.8, 4) is 0 Å². The van der Waals surface area contributed by atoms with Gasteiger partial charge < -0.3 is 10.4 Å². The Balaban J connectivity index is 4.85. The van der Waals surface area contributed by atoms with Gasteiger partial charge >= 0.3 is 0 Å². The maximum atomic E-state index is 11.2. The molecule has 82 valence electrons. The molecule has 0 rings (SSSR count). The maximum absolute atomic E-state index is 11.2. The number of aliphatic hydroxyl groups excluding tert-OH is 1. The molecule has 0 heterocycles. The van der Waals surface area contributed by atoms with E-state index in [1.165, 1.54) is 7.05 Å². The standard InChI is InChI=1S/C7H10Cl3NO3/c1-3(12)4(6(14)11-2)5(13)7(8,9)10/h4-5,13H,1-2H3,(H,11,14). The van der Waals surface area contributed by atoms with Crippen LogP contribution in [0.15, 0.2) is 0 Å². The first-order valence-corrected chi connectivity index (χ1v) is 4.82. The van der Waals surface area contributed by atoms with Crippen LogP contribution in [0.25, 0.3) is 0 Å². The van der Waals surface area contributed by atoms with Gasteiger partial charge in [0.2, 0.25) is 9.70 Å². The Morgan fingerprint density at radius 2 is 1.79 bits per heavy atom. The Morgan fingerprint density at radius 3 is 2.00 bits per heavy atom. The van der Waals surface area contributed by atoms with E-state index in [-0.39, 0.29) is 0 Å². The number of aliphatic hydroxyl groups is 1. The molecule has 0 aliphatic rings. The highest BCUT2D eigenvalue weighted by atomic mass is 35.6. The zero-order valence-corrected chi connectivity index (χ0v) is 9.82. The van der Waals surface area contributed by atoms with Gasteiger partial charge in [0, 0.05) is 7.05 Å². The lowest BCUT2D eigenvalue weighted by molar-refractivity contribution is -0.137. The molecule has 2 N–H and O–H groups in total. The molecule has 0 spiro atoms. The van der Waals surface area contributed by atoms with Crippen LogP contribution in [0, 0.1) is 5.92 Å². The first-order chi connectivity index (χ1) is 6.21. The summed E-state index contributed by atoms with van der Waals surface area (Å²) in [5.41, 5.74) is 0. The van der Waals surface area contributed by atoms with Gasteiger partial charge in [-0.2, -0.15) is 0 Å². The van der Waals surface area contributed by atoms with Crippen LogP contribution in [0.4, 0.5) is 0 Å². The monoisotopic (exact) mass is 261 g/mol. The van der Waals surface area contributed by atoms with Gasteiger partial charge in [-0.1, -0.05) is 34.8 Å². The van der Waals surface area contributed by atoms with E-state index in [2.05, 4.69) is 5.32 Å². The summed E-state index contributed by atoms with van der Waals surface area (Å²) < 4.78 is -2.07. The number of rotatable bonds is 3. The second kappa shape index (κ2) is 5.16. The van der Waals surface area contributed by atoms with Crippen molar-refractivity contribution in [2.75, 3.05) is 7.05 Å². The quantitative estimate of drug-likeness (QED) is 0.580. The van der Waals surface area contributed by atoms with Crippen LogP contribution in [-0.2, 0) is 9.59 Å². The van der Waals surface area contributed by atoms with Gasteiger partial charge in [0.25, 0.3) is 0 Å². The first kappa shape index (κ1) is 14.0. The molecule has 0 aliphatic carbocycles. The number of carbonyl (C=O) groups excluding carboxylic acids is 2. The zero-order chi connectivity index (χ0) is 11.5. The molecule has 0 aliphatic heterocycles. The Labute approximate surface area is 96.5 Å². The Morgan fingerprint density at radius 1 is 1.36 bits per heavy atom. The van der Waals surface area contributed by atoms with E-state index in [4.69, 9.17) is 34.8 Å². The lowest BCUT2D eigenvalue weighted by Gasteiger charge is -2.24. The van der Waals surface area contributed by atoms with Crippen LogP contribution < -0.4 is 5.32 Å². The molecule has 0 saturated carbocycles. The van der Waals surface area contributed by atoms with E-state index in [0.717, 1.165) is 6.92 Å². The fourth-order valence-corrected chi connectivity index (χ4v) is 1.27. The van der Waals surface area contributed by atoms with Crippen LogP contribution in [0.3, 0.4) is 0 Å². The highest BCUT2D eigenvalue weighted by molar-refractivity contribution is 6.68. The van der Waals surface area contributed by atoms with Crippen molar-refractivity contribution in [1.82, 2.24) is 5.32 Å². The minimum Gasteiger partial charge on any atom is -0.387 e. The molecule has 0 aromatic carbocycles. The van der Waals surface area contributed by atoms with Crippen molar-refractivity contribution in [2.45, 2.75) is 16.8 Å². The summed E-state index contributed by atoms with van der Waals surface area (Å²) in [5, 5.41) is 11.6. The average molecular weight is 263 g/mol. The highest BCUT2D eigenvalue weighted by Crippen LogP contribution is 2.34. The van der Waals surface area contributed by atoms with Gasteiger partial charge in [-0.3, -0.25) is 9.59 Å². The number of hydrogen-bond acceptors (Lipinski definition) is 3. The summed E-state index contributed by atoms with van der Waals surface area (Å²) in [5.74, 6) is -2.62. The van der Waals surface area contributed by atoms with Gasteiger partial charge in [-0.15, -0.1) is 0 Å². The van der Waals surface area contributed by atoms with E-state index in [1.807, 2.05) is 0 Å². The number of nitrogens with one attached hydrogen (secondary N) is 1. The van der Waals surface area contributed by atoms with Gasteiger partial charge in [0.15, 0.2) is 0 Å². The highest BCUT2D eigenvalue weighted by Gasteiger charge is 2.42. The molecule has 0 radical (unpaired) electrons. The minimum absolute atomic E-state index is 0.567. The Bertz CT molecular complexity index is 239. The molecular formula is C7H10Cl3NO3. The number of Topliss-reactive ketones (excluding diaryl/α,β-unsaturated/α-hetero) is 1. The van der Waals surface area contributed by atoms with Crippen LogP contribution in [0.1, 0.15) is 6.92 Å². The van der Waals surface area contributed by atoms with Crippen LogP contribution in [-0.4, -0.2) is 33.7 Å². The van der Waals surface area contributed by atoms with E-state index >= 15 is 0 Å². The number of amides is 1. The van der Waals surface area contributed by atoms with Crippen molar-refractivity contribution in [2.24, 2.45) is 5.92 Å². The normalized spacial score (nSPS) is 15.9.